The van der Waals surface area contributed by atoms with E-state index in [1.807, 2.05) is 42.5 Å². The van der Waals surface area contributed by atoms with Gasteiger partial charge in [-0.05, 0) is 95.3 Å². The number of hydrogen-bond donors (Lipinski definition) is 3. The molecule has 4 nitrogen and oxygen atoms in total. The molecule has 0 aliphatic carbocycles. The van der Waals surface area contributed by atoms with Crippen LogP contribution in [0.4, 0.5) is 0 Å². The molecule has 0 fully saturated rings. The van der Waals surface area contributed by atoms with Crippen LogP contribution in [0, 0.1) is 0 Å². The van der Waals surface area contributed by atoms with Gasteiger partial charge in [-0.3, -0.25) is 0 Å². The van der Waals surface area contributed by atoms with Crippen molar-refractivity contribution in [2.45, 2.75) is 0 Å². The van der Waals surface area contributed by atoms with Crippen molar-refractivity contribution in [3.8, 4) is 50.6 Å². The van der Waals surface area contributed by atoms with Crippen molar-refractivity contribution >= 4 is 80.9 Å². The van der Waals surface area contributed by atoms with Crippen molar-refractivity contribution in [3.63, 3.8) is 0 Å². The van der Waals surface area contributed by atoms with E-state index in [2.05, 4.69) is 84.9 Å². The summed E-state index contributed by atoms with van der Waals surface area (Å²) in [5.41, 5.74) is 7.48. The maximum absolute atomic E-state index is 11.3. The molecule has 9 aromatic rings. The van der Waals surface area contributed by atoms with E-state index >= 15 is 0 Å². The maximum atomic E-state index is 11.3. The van der Waals surface area contributed by atoms with Gasteiger partial charge < -0.3 is 19.7 Å². The van der Waals surface area contributed by atoms with Gasteiger partial charge in [0.1, 0.15) is 32.6 Å². The topological polar surface area (TPSA) is 73.8 Å². The summed E-state index contributed by atoms with van der Waals surface area (Å²) in [4.78, 5) is 0. The van der Waals surface area contributed by atoms with E-state index in [-0.39, 0.29) is 22.8 Å². The van der Waals surface area contributed by atoms with Crippen LogP contribution in [0.1, 0.15) is 0 Å². The molecule has 0 saturated carbocycles. The van der Waals surface area contributed by atoms with Gasteiger partial charge in [-0.15, -0.1) is 0 Å². The highest BCUT2D eigenvalue weighted by atomic mass is 16.3. The Kier molecular flexibility index (Phi) is 6.12. The number of rotatable bonds is 3. The average molecular weight is 618 g/mol. The van der Waals surface area contributed by atoms with Crippen LogP contribution in [0.25, 0.3) is 87.6 Å². The molecule has 9 rings (SSSR count). The molecule has 0 radical (unpaired) electrons. The molecule has 48 heavy (non-hydrogen) atoms. The minimum atomic E-state index is -0.333. The summed E-state index contributed by atoms with van der Waals surface area (Å²) in [5.74, 6) is -0.609. The predicted molar refractivity (Wildman–Crippen MR) is 204 cm³/mol. The number of furan rings is 1. The second-order valence-electron chi connectivity index (χ2n) is 12.6. The molecule has 0 saturated heterocycles. The lowest BCUT2D eigenvalue weighted by atomic mass is 9.76. The summed E-state index contributed by atoms with van der Waals surface area (Å²) >= 11 is 0. The zero-order valence-electron chi connectivity index (χ0n) is 26.4. The molecule has 0 atom stereocenters. The van der Waals surface area contributed by atoms with E-state index in [1.165, 1.54) is 5.39 Å². The van der Waals surface area contributed by atoms with Crippen LogP contribution < -0.4 is 10.9 Å². The Morgan fingerprint density at radius 1 is 0.396 bits per heavy atom. The van der Waals surface area contributed by atoms with E-state index < -0.39 is 0 Å². The number of hydrogen-bond acceptors (Lipinski definition) is 4. The molecule has 0 aliphatic heterocycles. The lowest BCUT2D eigenvalue weighted by Crippen LogP contribution is -2.26. The van der Waals surface area contributed by atoms with Gasteiger partial charge in [0.05, 0.1) is 5.56 Å². The molecule has 0 amide bonds. The standard InChI is InChI=1S/C42H28B2O4/c43-38-39(44)42(47)41(46)37(40(38)45)31-16-8-7-15-30(31)36-28-13-5-3-11-26(28)35(27-12-4-6-14-29(27)36)24-17-18-25-32-19-22-9-1-2-10-23(22)20-34(32)48-33(25)21-24/h1-21,45-47H,43-44H2. The van der Waals surface area contributed by atoms with Gasteiger partial charge in [-0.2, -0.15) is 0 Å². The highest BCUT2D eigenvalue weighted by Crippen LogP contribution is 2.49. The van der Waals surface area contributed by atoms with Gasteiger partial charge in [-0.25, -0.2) is 0 Å². The Hall–Kier alpha value is -6.13. The summed E-state index contributed by atoms with van der Waals surface area (Å²) < 4.78 is 6.49. The number of fused-ring (bicyclic) bond motifs is 6. The molecule has 0 aliphatic rings. The Morgan fingerprint density at radius 3 is 1.54 bits per heavy atom. The largest absolute Gasteiger partial charge is 0.508 e. The Bertz CT molecular complexity index is 2710. The third-order valence-electron chi connectivity index (χ3n) is 10.00. The van der Waals surface area contributed by atoms with Crippen LogP contribution in [-0.2, 0) is 0 Å². The zero-order chi connectivity index (χ0) is 32.7. The minimum Gasteiger partial charge on any atom is -0.508 e. The summed E-state index contributed by atoms with van der Waals surface area (Å²) in [7, 11) is 3.43. The summed E-state index contributed by atoms with van der Waals surface area (Å²) in [6.07, 6.45) is 0. The normalized spacial score (nSPS) is 11.8. The fourth-order valence-electron chi connectivity index (χ4n) is 7.47. The van der Waals surface area contributed by atoms with Gasteiger partial charge in [0.2, 0.25) is 0 Å². The molecule has 3 N–H and O–H groups in total. The van der Waals surface area contributed by atoms with Crippen LogP contribution in [0.2, 0.25) is 0 Å². The highest BCUT2D eigenvalue weighted by Gasteiger charge is 2.25. The molecule has 0 bridgehead atoms. The molecule has 0 unspecified atom stereocenters. The Balaban J connectivity index is 1.34. The number of aromatic hydroxyl groups is 3. The van der Waals surface area contributed by atoms with Crippen molar-refractivity contribution in [1.29, 1.82) is 0 Å². The van der Waals surface area contributed by atoms with Crippen molar-refractivity contribution in [2.24, 2.45) is 0 Å². The molecule has 6 heteroatoms. The SMILES string of the molecule is Bc1c(B)c(O)c(-c2ccccc2-c2c3ccccc3c(-c3ccc4c(c3)oc3cc5ccccc5cc34)c3ccccc23)c(O)c1O. The van der Waals surface area contributed by atoms with Gasteiger partial charge in [-0.1, -0.05) is 103 Å². The quantitative estimate of drug-likeness (QED) is 0.0823. The first-order valence-corrected chi connectivity index (χ1v) is 16.0. The summed E-state index contributed by atoms with van der Waals surface area (Å²) in [5, 5.41) is 42.1. The first-order chi connectivity index (χ1) is 23.4. The number of phenols is 3. The second-order valence-corrected chi connectivity index (χ2v) is 12.6. The lowest BCUT2D eigenvalue weighted by Gasteiger charge is -2.21. The fourth-order valence-corrected chi connectivity index (χ4v) is 7.47. The minimum absolute atomic E-state index is 0.0486. The molecule has 226 valence electrons. The van der Waals surface area contributed by atoms with E-state index in [0.717, 1.165) is 71.1 Å². The molecule has 8 aromatic carbocycles. The van der Waals surface area contributed by atoms with Crippen LogP contribution >= 0.6 is 0 Å². The molecule has 1 heterocycles. The third kappa shape index (κ3) is 3.99. The number of benzene rings is 8. The molecular weight excluding hydrogens is 590 g/mol. The highest BCUT2D eigenvalue weighted by molar-refractivity contribution is 6.51. The average Bonchev–Trinajstić information content (AvgIpc) is 3.48. The summed E-state index contributed by atoms with van der Waals surface area (Å²) in [6.45, 7) is 0. The van der Waals surface area contributed by atoms with Crippen LogP contribution in [0.15, 0.2) is 132 Å². The van der Waals surface area contributed by atoms with Crippen molar-refractivity contribution in [1.82, 2.24) is 0 Å². The van der Waals surface area contributed by atoms with Crippen molar-refractivity contribution in [2.75, 3.05) is 0 Å². The van der Waals surface area contributed by atoms with Crippen LogP contribution in [0.3, 0.4) is 0 Å². The summed E-state index contributed by atoms with van der Waals surface area (Å²) in [6, 6.07) is 43.6. The predicted octanol–water partition coefficient (Wildman–Crippen LogP) is 7.68. The molecular formula is C42H28B2O4. The van der Waals surface area contributed by atoms with Crippen LogP contribution in [0.5, 0.6) is 17.2 Å². The Morgan fingerprint density at radius 2 is 0.896 bits per heavy atom. The molecule has 0 spiro atoms. The smallest absolute Gasteiger partial charge is 0.168 e. The van der Waals surface area contributed by atoms with E-state index in [1.54, 1.807) is 15.7 Å². The van der Waals surface area contributed by atoms with E-state index in [9.17, 15) is 15.3 Å². The fraction of sp³-hybridized carbons (Fsp3) is 0. The third-order valence-corrected chi connectivity index (χ3v) is 10.00. The van der Waals surface area contributed by atoms with Crippen LogP contribution in [-0.4, -0.2) is 31.0 Å². The van der Waals surface area contributed by atoms with Gasteiger partial charge in [0.15, 0.2) is 11.5 Å². The molecule has 1 aromatic heterocycles. The van der Waals surface area contributed by atoms with E-state index in [4.69, 9.17) is 4.42 Å². The lowest BCUT2D eigenvalue weighted by molar-refractivity contribution is 0.403. The first-order valence-electron chi connectivity index (χ1n) is 16.0. The van der Waals surface area contributed by atoms with Crippen molar-refractivity contribution < 1.29 is 19.7 Å². The Labute approximate surface area is 277 Å². The maximum Gasteiger partial charge on any atom is 0.168 e. The van der Waals surface area contributed by atoms with Gasteiger partial charge in [0.25, 0.3) is 0 Å². The second kappa shape index (κ2) is 10.4. The van der Waals surface area contributed by atoms with Crippen molar-refractivity contribution in [3.05, 3.63) is 127 Å². The zero-order valence-corrected chi connectivity index (χ0v) is 26.4. The van der Waals surface area contributed by atoms with Gasteiger partial charge in [0, 0.05) is 10.8 Å². The monoisotopic (exact) mass is 618 g/mol. The first kappa shape index (κ1) is 28.1. The van der Waals surface area contributed by atoms with E-state index in [0.29, 0.717) is 16.5 Å². The van der Waals surface area contributed by atoms with Gasteiger partial charge >= 0.3 is 0 Å². The number of phenolic OH excluding ortho intramolecular Hbond substituents is 3.